The largest absolute Gasteiger partial charge is 0.492 e. The Kier molecular flexibility index (Phi) is 2.19. The molecule has 0 unspecified atom stereocenters. The first-order valence-electron chi connectivity index (χ1n) is 4.40. The fourth-order valence-corrected chi connectivity index (χ4v) is 1.45. The molecule has 0 bridgehead atoms. The van der Waals surface area contributed by atoms with Crippen LogP contribution >= 0.6 is 0 Å². The molecule has 1 aromatic rings. The number of hydrogen-bond donors (Lipinski definition) is 1. The molecule has 0 saturated carbocycles. The van der Waals surface area contributed by atoms with Gasteiger partial charge in [0.2, 0.25) is 0 Å². The Labute approximate surface area is 76.7 Å². The van der Waals surface area contributed by atoms with Gasteiger partial charge in [-0.15, -0.1) is 0 Å². The summed E-state index contributed by atoms with van der Waals surface area (Å²) in [5.74, 6) is 0.480. The van der Waals surface area contributed by atoms with Gasteiger partial charge in [0.1, 0.15) is 18.2 Å². The van der Waals surface area contributed by atoms with E-state index in [1.165, 1.54) is 6.07 Å². The first kappa shape index (κ1) is 8.51. The van der Waals surface area contributed by atoms with Gasteiger partial charge < -0.3 is 10.1 Å². The average molecular weight is 181 g/mol. The Hall–Kier alpha value is -1.09. The second-order valence-electron chi connectivity index (χ2n) is 3.23. The number of aryl methyl sites for hydroxylation is 1. The summed E-state index contributed by atoms with van der Waals surface area (Å²) < 4.78 is 18.5. The Morgan fingerprint density at radius 2 is 2.31 bits per heavy atom. The molecule has 2 rings (SSSR count). The SMILES string of the molecule is Cc1cc2c(cc1F)OCCNC2. The highest BCUT2D eigenvalue weighted by Crippen LogP contribution is 2.23. The number of hydrogen-bond acceptors (Lipinski definition) is 2. The number of ether oxygens (including phenoxy) is 1. The molecule has 3 heteroatoms. The van der Waals surface area contributed by atoms with Crippen LogP contribution in [0.2, 0.25) is 0 Å². The lowest BCUT2D eigenvalue weighted by Crippen LogP contribution is -2.16. The van der Waals surface area contributed by atoms with Gasteiger partial charge in [-0.1, -0.05) is 0 Å². The molecule has 13 heavy (non-hydrogen) atoms. The molecule has 70 valence electrons. The zero-order valence-corrected chi connectivity index (χ0v) is 7.56. The second kappa shape index (κ2) is 3.34. The zero-order valence-electron chi connectivity index (χ0n) is 7.56. The van der Waals surface area contributed by atoms with E-state index in [0.29, 0.717) is 17.9 Å². The summed E-state index contributed by atoms with van der Waals surface area (Å²) in [6.07, 6.45) is 0. The van der Waals surface area contributed by atoms with Crippen molar-refractivity contribution in [1.29, 1.82) is 0 Å². The smallest absolute Gasteiger partial charge is 0.129 e. The Bertz CT molecular complexity index is 294. The number of benzene rings is 1. The molecule has 1 N–H and O–H groups in total. The van der Waals surface area contributed by atoms with E-state index in [0.717, 1.165) is 18.7 Å². The maximum atomic E-state index is 13.1. The van der Waals surface area contributed by atoms with Crippen LogP contribution in [0.15, 0.2) is 12.1 Å². The van der Waals surface area contributed by atoms with Crippen molar-refractivity contribution in [3.05, 3.63) is 29.1 Å². The first-order valence-corrected chi connectivity index (χ1v) is 4.40. The summed E-state index contributed by atoms with van der Waals surface area (Å²) in [5, 5.41) is 3.20. The van der Waals surface area contributed by atoms with Crippen LogP contribution in [-0.2, 0) is 6.54 Å². The summed E-state index contributed by atoms with van der Waals surface area (Å²) in [7, 11) is 0. The molecule has 0 saturated heterocycles. The predicted octanol–water partition coefficient (Wildman–Crippen LogP) is 1.62. The van der Waals surface area contributed by atoms with Crippen LogP contribution < -0.4 is 10.1 Å². The lowest BCUT2D eigenvalue weighted by atomic mass is 10.1. The maximum Gasteiger partial charge on any atom is 0.129 e. The van der Waals surface area contributed by atoms with E-state index in [-0.39, 0.29) is 5.82 Å². The summed E-state index contributed by atoms with van der Waals surface area (Å²) >= 11 is 0. The predicted molar refractivity (Wildman–Crippen MR) is 48.3 cm³/mol. The van der Waals surface area contributed by atoms with E-state index >= 15 is 0 Å². The van der Waals surface area contributed by atoms with Crippen molar-refractivity contribution in [2.75, 3.05) is 13.2 Å². The second-order valence-corrected chi connectivity index (χ2v) is 3.23. The molecule has 0 atom stereocenters. The quantitative estimate of drug-likeness (QED) is 0.656. The van der Waals surface area contributed by atoms with Crippen LogP contribution in [0.5, 0.6) is 5.75 Å². The fourth-order valence-electron chi connectivity index (χ4n) is 1.45. The third-order valence-electron chi connectivity index (χ3n) is 2.19. The molecule has 0 amide bonds. The number of nitrogens with one attached hydrogen (secondary N) is 1. The Morgan fingerprint density at radius 1 is 1.46 bits per heavy atom. The normalized spacial score (nSPS) is 15.8. The van der Waals surface area contributed by atoms with E-state index in [1.54, 1.807) is 6.92 Å². The van der Waals surface area contributed by atoms with Gasteiger partial charge in [0.05, 0.1) is 0 Å². The fraction of sp³-hybridized carbons (Fsp3) is 0.400. The van der Waals surface area contributed by atoms with Crippen LogP contribution in [0, 0.1) is 12.7 Å². The van der Waals surface area contributed by atoms with E-state index < -0.39 is 0 Å². The Balaban J connectivity index is 2.43. The molecule has 0 spiro atoms. The molecule has 0 aromatic heterocycles. The highest BCUT2D eigenvalue weighted by atomic mass is 19.1. The van der Waals surface area contributed by atoms with Crippen molar-refractivity contribution in [2.24, 2.45) is 0 Å². The third-order valence-corrected chi connectivity index (χ3v) is 2.19. The van der Waals surface area contributed by atoms with E-state index in [2.05, 4.69) is 5.32 Å². The zero-order chi connectivity index (χ0) is 9.26. The lowest BCUT2D eigenvalue weighted by Gasteiger charge is -2.07. The average Bonchev–Trinajstić information content (AvgIpc) is 2.31. The van der Waals surface area contributed by atoms with Crippen molar-refractivity contribution < 1.29 is 9.13 Å². The summed E-state index contributed by atoms with van der Waals surface area (Å²) in [6, 6.07) is 3.31. The van der Waals surface area contributed by atoms with Crippen LogP contribution in [0.1, 0.15) is 11.1 Å². The third kappa shape index (κ3) is 1.65. The van der Waals surface area contributed by atoms with Gasteiger partial charge in [0.25, 0.3) is 0 Å². The minimum absolute atomic E-state index is 0.194. The molecule has 0 aliphatic carbocycles. The minimum atomic E-state index is -0.194. The topological polar surface area (TPSA) is 21.3 Å². The van der Waals surface area contributed by atoms with Gasteiger partial charge in [-0.2, -0.15) is 0 Å². The summed E-state index contributed by atoms with van der Waals surface area (Å²) in [4.78, 5) is 0. The highest BCUT2D eigenvalue weighted by Gasteiger charge is 2.10. The molecule has 1 aromatic carbocycles. The molecule has 1 heterocycles. The standard InChI is InChI=1S/C10H12FNO/c1-7-4-8-6-12-2-3-13-10(8)5-9(7)11/h4-5,12H,2-3,6H2,1H3. The van der Waals surface area contributed by atoms with Crippen LogP contribution in [0.4, 0.5) is 4.39 Å². The Morgan fingerprint density at radius 3 is 3.15 bits per heavy atom. The molecule has 2 nitrogen and oxygen atoms in total. The molecule has 1 aliphatic rings. The van der Waals surface area contributed by atoms with Crippen LogP contribution in [-0.4, -0.2) is 13.2 Å². The van der Waals surface area contributed by atoms with Crippen LogP contribution in [0.25, 0.3) is 0 Å². The van der Waals surface area contributed by atoms with Crippen molar-refractivity contribution >= 4 is 0 Å². The number of halogens is 1. The van der Waals surface area contributed by atoms with Gasteiger partial charge in [0.15, 0.2) is 0 Å². The van der Waals surface area contributed by atoms with Crippen molar-refractivity contribution in [3.8, 4) is 5.75 Å². The highest BCUT2D eigenvalue weighted by molar-refractivity contribution is 5.38. The van der Waals surface area contributed by atoms with Crippen LogP contribution in [0.3, 0.4) is 0 Å². The maximum absolute atomic E-state index is 13.1. The monoisotopic (exact) mass is 181 g/mol. The van der Waals surface area contributed by atoms with Crippen molar-refractivity contribution in [3.63, 3.8) is 0 Å². The van der Waals surface area contributed by atoms with E-state index in [9.17, 15) is 4.39 Å². The molecule has 0 radical (unpaired) electrons. The number of rotatable bonds is 0. The minimum Gasteiger partial charge on any atom is -0.492 e. The number of fused-ring (bicyclic) bond motifs is 1. The molecular formula is C10H12FNO. The van der Waals surface area contributed by atoms with Crippen molar-refractivity contribution in [2.45, 2.75) is 13.5 Å². The van der Waals surface area contributed by atoms with Gasteiger partial charge >= 0.3 is 0 Å². The van der Waals surface area contributed by atoms with Gasteiger partial charge in [-0.25, -0.2) is 4.39 Å². The summed E-state index contributed by atoms with van der Waals surface area (Å²) in [6.45, 7) is 3.95. The van der Waals surface area contributed by atoms with Crippen molar-refractivity contribution in [1.82, 2.24) is 5.32 Å². The van der Waals surface area contributed by atoms with E-state index in [1.807, 2.05) is 6.07 Å². The van der Waals surface area contributed by atoms with Gasteiger partial charge in [-0.3, -0.25) is 0 Å². The van der Waals surface area contributed by atoms with E-state index in [4.69, 9.17) is 4.74 Å². The van der Waals surface area contributed by atoms with Gasteiger partial charge in [0, 0.05) is 24.7 Å². The molecule has 1 aliphatic heterocycles. The first-order chi connectivity index (χ1) is 6.27. The molecular weight excluding hydrogens is 169 g/mol. The molecule has 0 fully saturated rings. The lowest BCUT2D eigenvalue weighted by molar-refractivity contribution is 0.324. The summed E-state index contributed by atoms with van der Waals surface area (Å²) in [5.41, 5.74) is 1.71. The van der Waals surface area contributed by atoms with Gasteiger partial charge in [-0.05, 0) is 18.6 Å².